The zero-order valence-corrected chi connectivity index (χ0v) is 11.1. The first-order valence-electron chi connectivity index (χ1n) is 6.38. The number of rotatable bonds is 4. The number of ether oxygens (including phenoxy) is 1. The Kier molecular flexibility index (Phi) is 5.40. The summed E-state index contributed by atoms with van der Waals surface area (Å²) in [6.07, 6.45) is 1.90. The molecular formula is C12H22N2O4. The Balaban J connectivity index is 2.62. The average Bonchev–Trinajstić information content (AvgIpc) is 2.57. The first-order chi connectivity index (χ1) is 8.49. The lowest BCUT2D eigenvalue weighted by Gasteiger charge is -2.29. The summed E-state index contributed by atoms with van der Waals surface area (Å²) in [5.41, 5.74) is -1.20. The quantitative estimate of drug-likeness (QED) is 0.790. The Hall–Kier alpha value is -1.30. The van der Waals surface area contributed by atoms with Gasteiger partial charge in [0.25, 0.3) is 0 Å². The van der Waals surface area contributed by atoms with Crippen LogP contribution in [0.3, 0.4) is 0 Å². The normalized spacial score (nSPS) is 19.8. The van der Waals surface area contributed by atoms with Crippen molar-refractivity contribution in [3.8, 4) is 0 Å². The van der Waals surface area contributed by atoms with Crippen LogP contribution in [0.1, 0.15) is 33.1 Å². The molecule has 1 fully saturated rings. The highest BCUT2D eigenvalue weighted by atomic mass is 16.5. The molecular weight excluding hydrogens is 236 g/mol. The van der Waals surface area contributed by atoms with Crippen LogP contribution in [-0.4, -0.2) is 53.8 Å². The second-order valence-corrected chi connectivity index (χ2v) is 4.77. The number of carboxylic acids is 1. The molecule has 2 amide bonds. The molecule has 0 aromatic carbocycles. The van der Waals surface area contributed by atoms with Gasteiger partial charge in [-0.2, -0.15) is 0 Å². The van der Waals surface area contributed by atoms with Crippen molar-refractivity contribution in [1.29, 1.82) is 0 Å². The number of urea groups is 1. The van der Waals surface area contributed by atoms with Gasteiger partial charge in [-0.15, -0.1) is 0 Å². The monoisotopic (exact) mass is 258 g/mol. The van der Waals surface area contributed by atoms with Gasteiger partial charge in [0.2, 0.25) is 0 Å². The summed E-state index contributed by atoms with van der Waals surface area (Å²) in [5, 5.41) is 11.8. The summed E-state index contributed by atoms with van der Waals surface area (Å²) in [6, 6.07) is -0.321. The molecule has 0 spiro atoms. The van der Waals surface area contributed by atoms with Crippen LogP contribution in [-0.2, 0) is 9.53 Å². The first-order valence-corrected chi connectivity index (χ1v) is 6.38. The van der Waals surface area contributed by atoms with Crippen molar-refractivity contribution >= 4 is 12.0 Å². The summed E-state index contributed by atoms with van der Waals surface area (Å²) in [6.45, 7) is 5.71. The highest BCUT2D eigenvalue weighted by Gasteiger charge is 2.35. The SMILES string of the molecule is CCCC(C)(NC(=O)N1CCCOCC1)C(=O)O. The standard InChI is InChI=1S/C12H22N2O4/c1-3-5-12(2,10(15)16)13-11(17)14-6-4-8-18-9-7-14/h3-9H2,1-2H3,(H,13,17)(H,15,16). The molecule has 0 aliphatic carbocycles. The van der Waals surface area contributed by atoms with Gasteiger partial charge in [-0.3, -0.25) is 0 Å². The van der Waals surface area contributed by atoms with Gasteiger partial charge in [0.15, 0.2) is 0 Å². The molecule has 0 bridgehead atoms. The molecule has 6 nitrogen and oxygen atoms in total. The summed E-state index contributed by atoms with van der Waals surface area (Å²) in [7, 11) is 0. The Labute approximate surface area is 107 Å². The number of nitrogens with one attached hydrogen (secondary N) is 1. The van der Waals surface area contributed by atoms with Crippen molar-refractivity contribution in [1.82, 2.24) is 10.2 Å². The van der Waals surface area contributed by atoms with Crippen LogP contribution in [0.4, 0.5) is 4.79 Å². The Morgan fingerprint density at radius 3 is 2.72 bits per heavy atom. The molecule has 1 aliphatic heterocycles. The lowest BCUT2D eigenvalue weighted by atomic mass is 9.96. The molecule has 2 N–H and O–H groups in total. The Morgan fingerprint density at radius 1 is 1.39 bits per heavy atom. The molecule has 0 aromatic rings. The molecule has 1 atom stereocenters. The summed E-state index contributed by atoms with van der Waals surface area (Å²) in [5.74, 6) is -0.997. The summed E-state index contributed by atoms with van der Waals surface area (Å²) in [4.78, 5) is 24.9. The van der Waals surface area contributed by atoms with Crippen LogP contribution in [0.25, 0.3) is 0 Å². The smallest absolute Gasteiger partial charge is 0.329 e. The molecule has 0 radical (unpaired) electrons. The van der Waals surface area contributed by atoms with Crippen LogP contribution >= 0.6 is 0 Å². The molecule has 1 heterocycles. The number of hydrogen-bond donors (Lipinski definition) is 2. The van der Waals surface area contributed by atoms with Gasteiger partial charge in [-0.1, -0.05) is 13.3 Å². The van der Waals surface area contributed by atoms with E-state index in [9.17, 15) is 14.7 Å². The predicted octanol–water partition coefficient (Wildman–Crippen LogP) is 1.06. The van der Waals surface area contributed by atoms with Gasteiger partial charge in [0, 0.05) is 19.7 Å². The Bertz CT molecular complexity index is 300. The molecule has 1 unspecified atom stereocenters. The third-order valence-electron chi connectivity index (χ3n) is 3.11. The maximum Gasteiger partial charge on any atom is 0.329 e. The van der Waals surface area contributed by atoms with Crippen LogP contribution < -0.4 is 5.32 Å². The van der Waals surface area contributed by atoms with Crippen LogP contribution in [0.5, 0.6) is 0 Å². The minimum atomic E-state index is -1.20. The van der Waals surface area contributed by atoms with Gasteiger partial charge in [0.05, 0.1) is 6.61 Å². The van der Waals surface area contributed by atoms with E-state index in [1.807, 2.05) is 6.92 Å². The Morgan fingerprint density at radius 2 is 2.11 bits per heavy atom. The lowest BCUT2D eigenvalue weighted by Crippen LogP contribution is -2.56. The zero-order valence-electron chi connectivity index (χ0n) is 11.1. The van der Waals surface area contributed by atoms with E-state index in [-0.39, 0.29) is 6.03 Å². The van der Waals surface area contributed by atoms with Crippen molar-refractivity contribution < 1.29 is 19.4 Å². The molecule has 104 valence electrons. The first kappa shape index (κ1) is 14.8. The van der Waals surface area contributed by atoms with Crippen LogP contribution in [0.15, 0.2) is 0 Å². The van der Waals surface area contributed by atoms with Crippen molar-refractivity contribution in [3.63, 3.8) is 0 Å². The molecule has 1 saturated heterocycles. The van der Waals surface area contributed by atoms with Gasteiger partial charge < -0.3 is 20.1 Å². The largest absolute Gasteiger partial charge is 0.480 e. The molecule has 0 aromatic heterocycles. The van der Waals surface area contributed by atoms with Crippen LogP contribution in [0.2, 0.25) is 0 Å². The number of hydrogen-bond acceptors (Lipinski definition) is 3. The second kappa shape index (κ2) is 6.58. The predicted molar refractivity (Wildman–Crippen MR) is 66.5 cm³/mol. The van der Waals surface area contributed by atoms with E-state index < -0.39 is 11.5 Å². The van der Waals surface area contributed by atoms with E-state index in [1.54, 1.807) is 11.8 Å². The van der Waals surface area contributed by atoms with E-state index in [0.717, 1.165) is 6.42 Å². The van der Waals surface area contributed by atoms with E-state index >= 15 is 0 Å². The van der Waals surface area contributed by atoms with Gasteiger partial charge in [0.1, 0.15) is 5.54 Å². The van der Waals surface area contributed by atoms with E-state index in [0.29, 0.717) is 39.1 Å². The number of carbonyl (C=O) groups is 2. The summed E-state index contributed by atoms with van der Waals surface area (Å²) >= 11 is 0. The maximum absolute atomic E-state index is 12.0. The maximum atomic E-state index is 12.0. The third kappa shape index (κ3) is 3.87. The zero-order chi connectivity index (χ0) is 13.6. The molecule has 0 saturated carbocycles. The van der Waals surface area contributed by atoms with Crippen molar-refractivity contribution in [2.75, 3.05) is 26.3 Å². The fourth-order valence-electron chi connectivity index (χ4n) is 1.99. The van der Waals surface area contributed by atoms with E-state index in [4.69, 9.17) is 4.74 Å². The number of carboxylic acid groups (broad SMARTS) is 1. The topological polar surface area (TPSA) is 78.9 Å². The molecule has 6 heteroatoms. The molecule has 18 heavy (non-hydrogen) atoms. The minimum absolute atomic E-state index is 0.321. The molecule has 1 rings (SSSR count). The number of amides is 2. The van der Waals surface area contributed by atoms with Crippen molar-refractivity contribution in [2.45, 2.75) is 38.6 Å². The van der Waals surface area contributed by atoms with E-state index in [2.05, 4.69) is 5.32 Å². The third-order valence-corrected chi connectivity index (χ3v) is 3.11. The van der Waals surface area contributed by atoms with Crippen molar-refractivity contribution in [2.24, 2.45) is 0 Å². The lowest BCUT2D eigenvalue weighted by molar-refractivity contribution is -0.144. The van der Waals surface area contributed by atoms with Gasteiger partial charge in [-0.05, 0) is 19.8 Å². The highest BCUT2D eigenvalue weighted by Crippen LogP contribution is 2.13. The number of carbonyl (C=O) groups excluding carboxylic acids is 1. The van der Waals surface area contributed by atoms with Gasteiger partial charge >= 0.3 is 12.0 Å². The highest BCUT2D eigenvalue weighted by molar-refractivity contribution is 5.85. The fraction of sp³-hybridized carbons (Fsp3) is 0.833. The fourth-order valence-corrected chi connectivity index (χ4v) is 1.99. The molecule has 1 aliphatic rings. The van der Waals surface area contributed by atoms with Gasteiger partial charge in [-0.25, -0.2) is 9.59 Å². The summed E-state index contributed by atoms with van der Waals surface area (Å²) < 4.78 is 5.26. The van der Waals surface area contributed by atoms with Crippen molar-refractivity contribution in [3.05, 3.63) is 0 Å². The van der Waals surface area contributed by atoms with Crippen LogP contribution in [0, 0.1) is 0 Å². The minimum Gasteiger partial charge on any atom is -0.480 e. The second-order valence-electron chi connectivity index (χ2n) is 4.77. The number of aliphatic carboxylic acids is 1. The number of nitrogens with zero attached hydrogens (tertiary/aromatic N) is 1. The average molecular weight is 258 g/mol. The van der Waals surface area contributed by atoms with E-state index in [1.165, 1.54) is 0 Å².